The number of anilines is 1. The van der Waals surface area contributed by atoms with E-state index in [0.717, 1.165) is 41.8 Å². The molecule has 5 heteroatoms. The van der Waals surface area contributed by atoms with Gasteiger partial charge in [-0.15, -0.1) is 0 Å². The number of benzene rings is 1. The highest BCUT2D eigenvalue weighted by Gasteiger charge is 2.21. The Morgan fingerprint density at radius 3 is 2.72 bits per heavy atom. The van der Waals surface area contributed by atoms with Crippen LogP contribution in [0.1, 0.15) is 18.4 Å². The highest BCUT2D eigenvalue weighted by molar-refractivity contribution is 9.10. The summed E-state index contributed by atoms with van der Waals surface area (Å²) in [6, 6.07) is 6.50. The van der Waals surface area contributed by atoms with Gasteiger partial charge in [0.15, 0.2) is 0 Å². The first-order chi connectivity index (χ1) is 8.59. The molecule has 2 N–H and O–H groups in total. The minimum Gasteiger partial charge on any atom is -0.389 e. The molecule has 0 saturated carbocycles. The fourth-order valence-corrected chi connectivity index (χ4v) is 2.80. The Labute approximate surface area is 121 Å². The minimum absolute atomic E-state index is 0.441. The third kappa shape index (κ3) is 3.02. The van der Waals surface area contributed by atoms with Crippen molar-refractivity contribution < 1.29 is 4.74 Å². The number of thiocarbonyl (C=S) groups is 1. The number of hydrogen-bond donors (Lipinski definition) is 1. The molecule has 3 nitrogen and oxygen atoms in total. The van der Waals surface area contributed by atoms with E-state index in [0.29, 0.717) is 11.0 Å². The molecule has 1 aromatic rings. The van der Waals surface area contributed by atoms with Crippen LogP contribution in [0, 0.1) is 0 Å². The van der Waals surface area contributed by atoms with E-state index >= 15 is 0 Å². The maximum absolute atomic E-state index is 5.80. The second-order valence-electron chi connectivity index (χ2n) is 4.48. The fraction of sp³-hybridized carbons (Fsp3) is 0.462. The van der Waals surface area contributed by atoms with Crippen molar-refractivity contribution in [2.45, 2.75) is 18.9 Å². The van der Waals surface area contributed by atoms with E-state index in [1.807, 2.05) is 12.1 Å². The largest absolute Gasteiger partial charge is 0.389 e. The molecule has 98 valence electrons. The second-order valence-corrected chi connectivity index (χ2v) is 5.84. The van der Waals surface area contributed by atoms with Gasteiger partial charge in [0.25, 0.3) is 0 Å². The zero-order valence-electron chi connectivity index (χ0n) is 10.4. The van der Waals surface area contributed by atoms with Gasteiger partial charge in [-0.2, -0.15) is 0 Å². The SMILES string of the molecule is CN(c1cc(Br)ccc1C(N)=S)C1CCOCC1. The molecule has 1 fully saturated rings. The molecule has 18 heavy (non-hydrogen) atoms. The van der Waals surface area contributed by atoms with Crippen LogP contribution in [0.4, 0.5) is 5.69 Å². The van der Waals surface area contributed by atoms with Gasteiger partial charge in [-0.1, -0.05) is 28.1 Å². The number of nitrogens with zero attached hydrogens (tertiary/aromatic N) is 1. The molecule has 1 aliphatic rings. The molecule has 1 heterocycles. The van der Waals surface area contributed by atoms with Gasteiger partial charge in [0.2, 0.25) is 0 Å². The Hall–Kier alpha value is -0.650. The number of ether oxygens (including phenoxy) is 1. The molecule has 2 rings (SSSR count). The van der Waals surface area contributed by atoms with Crippen molar-refractivity contribution in [1.82, 2.24) is 0 Å². The Morgan fingerprint density at radius 1 is 1.44 bits per heavy atom. The normalized spacial score (nSPS) is 16.6. The lowest BCUT2D eigenvalue weighted by Crippen LogP contribution is -2.37. The van der Waals surface area contributed by atoms with Gasteiger partial charge >= 0.3 is 0 Å². The van der Waals surface area contributed by atoms with E-state index in [4.69, 9.17) is 22.7 Å². The van der Waals surface area contributed by atoms with Gasteiger partial charge in [-0.25, -0.2) is 0 Å². The summed E-state index contributed by atoms with van der Waals surface area (Å²) in [4.78, 5) is 2.71. The predicted molar refractivity (Wildman–Crippen MR) is 82.3 cm³/mol. The van der Waals surface area contributed by atoms with E-state index in [1.54, 1.807) is 0 Å². The average Bonchev–Trinajstić information content (AvgIpc) is 2.38. The smallest absolute Gasteiger partial charge is 0.106 e. The highest BCUT2D eigenvalue weighted by atomic mass is 79.9. The lowest BCUT2D eigenvalue weighted by molar-refractivity contribution is 0.0855. The molecular weight excluding hydrogens is 312 g/mol. The van der Waals surface area contributed by atoms with Gasteiger partial charge in [0.1, 0.15) is 4.99 Å². The Bertz CT molecular complexity index is 447. The molecular formula is C13H17BrN2OS. The van der Waals surface area contributed by atoms with Crippen LogP contribution in [0.3, 0.4) is 0 Å². The number of halogens is 1. The summed E-state index contributed by atoms with van der Waals surface area (Å²) < 4.78 is 6.44. The quantitative estimate of drug-likeness (QED) is 0.866. The van der Waals surface area contributed by atoms with Crippen molar-refractivity contribution >= 4 is 38.8 Å². The van der Waals surface area contributed by atoms with Gasteiger partial charge in [-0.3, -0.25) is 0 Å². The van der Waals surface area contributed by atoms with Crippen molar-refractivity contribution in [3.8, 4) is 0 Å². The molecule has 1 aromatic carbocycles. The van der Waals surface area contributed by atoms with Crippen LogP contribution in [0.5, 0.6) is 0 Å². The van der Waals surface area contributed by atoms with Crippen LogP contribution in [0.15, 0.2) is 22.7 Å². The second kappa shape index (κ2) is 5.99. The Morgan fingerprint density at radius 2 is 2.11 bits per heavy atom. The highest BCUT2D eigenvalue weighted by Crippen LogP contribution is 2.28. The van der Waals surface area contributed by atoms with E-state index in [-0.39, 0.29) is 0 Å². The lowest BCUT2D eigenvalue weighted by atomic mass is 10.0. The third-order valence-corrected chi connectivity index (χ3v) is 4.06. The molecule has 0 amide bonds. The zero-order chi connectivity index (χ0) is 13.1. The number of rotatable bonds is 3. The summed E-state index contributed by atoms with van der Waals surface area (Å²) in [5, 5.41) is 0. The minimum atomic E-state index is 0.441. The van der Waals surface area contributed by atoms with Crippen molar-refractivity contribution in [2.75, 3.05) is 25.2 Å². The summed E-state index contributed by atoms with van der Waals surface area (Å²) >= 11 is 8.63. The van der Waals surface area contributed by atoms with Crippen LogP contribution in [0.25, 0.3) is 0 Å². The average molecular weight is 329 g/mol. The summed E-state index contributed by atoms with van der Waals surface area (Å²) in [6.45, 7) is 1.65. The predicted octanol–water partition coefficient (Wildman–Crippen LogP) is 2.70. The summed E-state index contributed by atoms with van der Waals surface area (Å²) in [7, 11) is 2.10. The van der Waals surface area contributed by atoms with E-state index in [9.17, 15) is 0 Å². The molecule has 0 unspecified atom stereocenters. The maximum Gasteiger partial charge on any atom is 0.106 e. The Balaban J connectivity index is 2.30. The van der Waals surface area contributed by atoms with Crippen LogP contribution >= 0.6 is 28.1 Å². The molecule has 0 radical (unpaired) electrons. The first-order valence-electron chi connectivity index (χ1n) is 5.99. The lowest BCUT2D eigenvalue weighted by Gasteiger charge is -2.34. The van der Waals surface area contributed by atoms with Gasteiger partial charge in [0.05, 0.1) is 0 Å². The molecule has 0 aliphatic carbocycles. The van der Waals surface area contributed by atoms with Crippen molar-refractivity contribution in [3.05, 3.63) is 28.2 Å². The maximum atomic E-state index is 5.80. The standard InChI is InChI=1S/C13H17BrN2OS/c1-16(10-4-6-17-7-5-10)12-8-9(14)2-3-11(12)13(15)18/h2-3,8,10H,4-7H2,1H3,(H2,15,18). The molecule has 0 bridgehead atoms. The Kier molecular flexibility index (Phi) is 4.59. The van der Waals surface area contributed by atoms with Crippen molar-refractivity contribution in [1.29, 1.82) is 0 Å². The van der Waals surface area contributed by atoms with Gasteiger partial charge in [-0.05, 0) is 31.0 Å². The van der Waals surface area contributed by atoms with Crippen molar-refractivity contribution in [2.24, 2.45) is 5.73 Å². The van der Waals surface area contributed by atoms with Gasteiger partial charge in [0, 0.05) is 42.0 Å². The van der Waals surface area contributed by atoms with E-state index in [2.05, 4.69) is 33.9 Å². The molecule has 0 spiro atoms. The summed E-state index contributed by atoms with van der Waals surface area (Å²) in [5.41, 5.74) is 7.82. The number of hydrogen-bond acceptors (Lipinski definition) is 3. The topological polar surface area (TPSA) is 38.5 Å². The number of nitrogens with two attached hydrogens (primary N) is 1. The van der Waals surface area contributed by atoms with Crippen LogP contribution in [-0.4, -0.2) is 31.3 Å². The van der Waals surface area contributed by atoms with Crippen molar-refractivity contribution in [3.63, 3.8) is 0 Å². The fourth-order valence-electron chi connectivity index (χ4n) is 2.27. The monoisotopic (exact) mass is 328 g/mol. The van der Waals surface area contributed by atoms with Crippen LogP contribution in [-0.2, 0) is 4.74 Å². The van der Waals surface area contributed by atoms with E-state index < -0.39 is 0 Å². The van der Waals surface area contributed by atoms with Crippen LogP contribution < -0.4 is 10.6 Å². The molecule has 1 saturated heterocycles. The molecule has 0 atom stereocenters. The first-order valence-corrected chi connectivity index (χ1v) is 7.19. The van der Waals surface area contributed by atoms with Gasteiger partial charge < -0.3 is 15.4 Å². The zero-order valence-corrected chi connectivity index (χ0v) is 12.8. The summed E-state index contributed by atoms with van der Waals surface area (Å²) in [6.07, 6.45) is 2.08. The third-order valence-electron chi connectivity index (χ3n) is 3.34. The first kappa shape index (κ1) is 13.8. The molecule has 1 aliphatic heterocycles. The van der Waals surface area contributed by atoms with E-state index in [1.165, 1.54) is 0 Å². The van der Waals surface area contributed by atoms with Crippen LogP contribution in [0.2, 0.25) is 0 Å². The molecule has 0 aromatic heterocycles. The summed E-state index contributed by atoms with van der Waals surface area (Å²) in [5.74, 6) is 0.